The van der Waals surface area contributed by atoms with E-state index in [1.807, 2.05) is 12.1 Å². The molecule has 88 valence electrons. The Bertz CT molecular complexity index is 338. The van der Waals surface area contributed by atoms with Gasteiger partial charge in [0.25, 0.3) is 0 Å². The van der Waals surface area contributed by atoms with Crippen molar-refractivity contribution < 1.29 is 4.79 Å². The van der Waals surface area contributed by atoms with E-state index in [-0.39, 0.29) is 5.91 Å². The van der Waals surface area contributed by atoms with E-state index in [1.165, 1.54) is 5.56 Å². The van der Waals surface area contributed by atoms with Crippen LogP contribution in [0.15, 0.2) is 24.3 Å². The monoisotopic (exact) mass is 283 g/mol. The summed E-state index contributed by atoms with van der Waals surface area (Å²) in [6, 6.07) is 8.22. The van der Waals surface area contributed by atoms with Crippen molar-refractivity contribution in [2.24, 2.45) is 0 Å². The molecule has 0 saturated heterocycles. The second-order valence-electron chi connectivity index (χ2n) is 3.83. The number of halogens is 1. The van der Waals surface area contributed by atoms with Gasteiger partial charge < -0.3 is 5.32 Å². The zero-order chi connectivity index (χ0) is 11.8. The molecule has 0 unspecified atom stereocenters. The predicted octanol–water partition coefficient (Wildman–Crippen LogP) is 3.39. The summed E-state index contributed by atoms with van der Waals surface area (Å²) in [4.78, 5) is 11.4. The summed E-state index contributed by atoms with van der Waals surface area (Å²) >= 11 is 3.42. The Balaban J connectivity index is 2.38. The van der Waals surface area contributed by atoms with Gasteiger partial charge in [0.1, 0.15) is 0 Å². The summed E-state index contributed by atoms with van der Waals surface area (Å²) < 4.78 is 0. The van der Waals surface area contributed by atoms with E-state index in [0.29, 0.717) is 13.0 Å². The largest absolute Gasteiger partial charge is 0.352 e. The zero-order valence-electron chi connectivity index (χ0n) is 9.63. The normalized spacial score (nSPS) is 10.1. The fraction of sp³-hybridized carbons (Fsp3) is 0.462. The number of rotatable bonds is 6. The second-order valence-corrected chi connectivity index (χ2v) is 4.39. The van der Waals surface area contributed by atoms with Gasteiger partial charge in [-0.15, -0.1) is 0 Å². The molecule has 1 aromatic carbocycles. The first-order chi connectivity index (χ1) is 7.76. The molecule has 0 aliphatic heterocycles. The van der Waals surface area contributed by atoms with Gasteiger partial charge in [-0.1, -0.05) is 53.5 Å². The SMILES string of the molecule is CCCCC(=O)NCc1cccc(CBr)c1. The number of hydrogen-bond acceptors (Lipinski definition) is 1. The van der Waals surface area contributed by atoms with Crippen molar-refractivity contribution in [2.75, 3.05) is 0 Å². The highest BCUT2D eigenvalue weighted by atomic mass is 79.9. The summed E-state index contributed by atoms with van der Waals surface area (Å²) in [6.45, 7) is 2.72. The molecule has 1 amide bonds. The molecule has 0 atom stereocenters. The van der Waals surface area contributed by atoms with E-state index in [0.717, 1.165) is 23.7 Å². The van der Waals surface area contributed by atoms with Gasteiger partial charge in [0.2, 0.25) is 5.91 Å². The van der Waals surface area contributed by atoms with Crippen LogP contribution >= 0.6 is 15.9 Å². The summed E-state index contributed by atoms with van der Waals surface area (Å²) in [6.07, 6.45) is 2.66. The first-order valence-corrected chi connectivity index (χ1v) is 6.79. The number of nitrogens with one attached hydrogen (secondary N) is 1. The van der Waals surface area contributed by atoms with E-state index in [2.05, 4.69) is 40.3 Å². The Labute approximate surface area is 106 Å². The van der Waals surface area contributed by atoms with E-state index in [4.69, 9.17) is 0 Å². The Kier molecular flexibility index (Phi) is 6.16. The van der Waals surface area contributed by atoms with Crippen LogP contribution in [0, 0.1) is 0 Å². The Morgan fingerprint density at radius 2 is 2.12 bits per heavy atom. The number of carbonyl (C=O) groups is 1. The third-order valence-electron chi connectivity index (χ3n) is 2.39. The molecule has 1 aromatic rings. The number of alkyl halides is 1. The highest BCUT2D eigenvalue weighted by Gasteiger charge is 2.00. The standard InChI is InChI=1S/C13H18BrNO/c1-2-3-7-13(16)15-10-12-6-4-5-11(8-12)9-14/h4-6,8H,2-3,7,9-10H2,1H3,(H,15,16). The fourth-order valence-electron chi connectivity index (χ4n) is 1.45. The number of amides is 1. The van der Waals surface area contributed by atoms with Crippen molar-refractivity contribution in [1.82, 2.24) is 5.32 Å². The molecule has 0 aliphatic carbocycles. The van der Waals surface area contributed by atoms with E-state index in [1.54, 1.807) is 0 Å². The maximum Gasteiger partial charge on any atom is 0.220 e. The maximum atomic E-state index is 11.4. The maximum absolute atomic E-state index is 11.4. The molecule has 0 aromatic heterocycles. The Hall–Kier alpha value is -0.830. The molecule has 0 spiro atoms. The number of benzene rings is 1. The summed E-state index contributed by atoms with van der Waals surface area (Å²) in [5, 5.41) is 3.78. The van der Waals surface area contributed by atoms with Crippen molar-refractivity contribution in [3.8, 4) is 0 Å². The molecule has 3 heteroatoms. The number of unbranched alkanes of at least 4 members (excludes halogenated alkanes) is 1. The van der Waals surface area contributed by atoms with Crippen LogP contribution in [0.1, 0.15) is 37.3 Å². The lowest BCUT2D eigenvalue weighted by Gasteiger charge is -2.06. The van der Waals surface area contributed by atoms with Crippen LogP contribution < -0.4 is 5.32 Å². The molecule has 0 saturated carbocycles. The topological polar surface area (TPSA) is 29.1 Å². The van der Waals surface area contributed by atoms with Crippen LogP contribution in [-0.4, -0.2) is 5.91 Å². The average Bonchev–Trinajstić information content (AvgIpc) is 2.34. The van der Waals surface area contributed by atoms with Crippen LogP contribution in [0.25, 0.3) is 0 Å². The molecule has 0 aliphatic rings. The first kappa shape index (κ1) is 13.2. The van der Waals surface area contributed by atoms with Crippen molar-refractivity contribution in [3.05, 3.63) is 35.4 Å². The van der Waals surface area contributed by atoms with Crippen molar-refractivity contribution in [3.63, 3.8) is 0 Å². The molecule has 0 heterocycles. The Morgan fingerprint density at radius 1 is 1.38 bits per heavy atom. The predicted molar refractivity (Wildman–Crippen MR) is 70.4 cm³/mol. The molecule has 0 radical (unpaired) electrons. The molecule has 16 heavy (non-hydrogen) atoms. The molecule has 0 fully saturated rings. The van der Waals surface area contributed by atoms with E-state index >= 15 is 0 Å². The van der Waals surface area contributed by atoms with Crippen molar-refractivity contribution >= 4 is 21.8 Å². The van der Waals surface area contributed by atoms with Crippen LogP contribution in [0.3, 0.4) is 0 Å². The van der Waals surface area contributed by atoms with Gasteiger partial charge in [0.15, 0.2) is 0 Å². The first-order valence-electron chi connectivity index (χ1n) is 5.66. The van der Waals surface area contributed by atoms with Gasteiger partial charge in [0.05, 0.1) is 0 Å². The summed E-state index contributed by atoms with van der Waals surface area (Å²) in [7, 11) is 0. The molecule has 1 N–H and O–H groups in total. The van der Waals surface area contributed by atoms with Crippen LogP contribution in [0.2, 0.25) is 0 Å². The van der Waals surface area contributed by atoms with Crippen LogP contribution in [0.4, 0.5) is 0 Å². The molecular formula is C13H18BrNO. The van der Waals surface area contributed by atoms with Crippen molar-refractivity contribution in [2.45, 2.75) is 38.1 Å². The molecule has 1 rings (SSSR count). The van der Waals surface area contributed by atoms with Gasteiger partial charge in [-0.05, 0) is 17.5 Å². The molecule has 2 nitrogen and oxygen atoms in total. The minimum atomic E-state index is 0.145. The van der Waals surface area contributed by atoms with Crippen molar-refractivity contribution in [1.29, 1.82) is 0 Å². The van der Waals surface area contributed by atoms with E-state index < -0.39 is 0 Å². The number of carbonyl (C=O) groups excluding carboxylic acids is 1. The fourth-order valence-corrected chi connectivity index (χ4v) is 1.80. The van der Waals surface area contributed by atoms with Crippen LogP contribution in [0.5, 0.6) is 0 Å². The quantitative estimate of drug-likeness (QED) is 0.797. The third-order valence-corrected chi connectivity index (χ3v) is 3.04. The third kappa shape index (κ3) is 4.79. The van der Waals surface area contributed by atoms with Gasteiger partial charge >= 0.3 is 0 Å². The zero-order valence-corrected chi connectivity index (χ0v) is 11.2. The average molecular weight is 284 g/mol. The molecular weight excluding hydrogens is 266 g/mol. The summed E-state index contributed by atoms with van der Waals surface area (Å²) in [5.41, 5.74) is 2.39. The van der Waals surface area contributed by atoms with Gasteiger partial charge in [-0.3, -0.25) is 4.79 Å². The lowest BCUT2D eigenvalue weighted by atomic mass is 10.1. The summed E-state index contributed by atoms with van der Waals surface area (Å²) in [5.74, 6) is 0.145. The van der Waals surface area contributed by atoms with Gasteiger partial charge in [-0.25, -0.2) is 0 Å². The minimum Gasteiger partial charge on any atom is -0.352 e. The molecule has 0 bridgehead atoms. The number of hydrogen-bond donors (Lipinski definition) is 1. The highest BCUT2D eigenvalue weighted by Crippen LogP contribution is 2.08. The van der Waals surface area contributed by atoms with Gasteiger partial charge in [-0.2, -0.15) is 0 Å². The Morgan fingerprint density at radius 3 is 2.81 bits per heavy atom. The minimum absolute atomic E-state index is 0.145. The smallest absolute Gasteiger partial charge is 0.220 e. The lowest BCUT2D eigenvalue weighted by Crippen LogP contribution is -2.22. The van der Waals surface area contributed by atoms with E-state index in [9.17, 15) is 4.79 Å². The second kappa shape index (κ2) is 7.44. The van der Waals surface area contributed by atoms with Gasteiger partial charge in [0, 0.05) is 18.3 Å². The highest BCUT2D eigenvalue weighted by molar-refractivity contribution is 9.08. The van der Waals surface area contributed by atoms with Crippen LogP contribution in [-0.2, 0) is 16.7 Å². The lowest BCUT2D eigenvalue weighted by molar-refractivity contribution is -0.121.